The van der Waals surface area contributed by atoms with Crippen molar-refractivity contribution >= 4 is 5.69 Å². The first-order valence-electron chi connectivity index (χ1n) is 7.37. The average molecular weight is 280 g/mol. The van der Waals surface area contributed by atoms with Crippen LogP contribution in [-0.4, -0.2) is 32.8 Å². The standard InChI is InChI=1S/C16H25FN2O/c1-12-9-13(2)19(11-12)16-14(5-4-6-15(16)17)10-18-7-8-20-3/h4-6,12-13,18H,7-11H2,1-3H3. The fraction of sp³-hybridized carbons (Fsp3) is 0.625. The van der Waals surface area contributed by atoms with E-state index >= 15 is 0 Å². The quantitative estimate of drug-likeness (QED) is 0.811. The SMILES string of the molecule is COCCNCc1cccc(F)c1N1CC(C)CC1C. The molecule has 2 atom stereocenters. The van der Waals surface area contributed by atoms with E-state index in [-0.39, 0.29) is 5.82 Å². The molecule has 1 fully saturated rings. The van der Waals surface area contributed by atoms with E-state index in [9.17, 15) is 4.39 Å². The van der Waals surface area contributed by atoms with Crippen molar-refractivity contribution in [1.29, 1.82) is 0 Å². The molecule has 3 nitrogen and oxygen atoms in total. The molecule has 0 aliphatic carbocycles. The van der Waals surface area contributed by atoms with Gasteiger partial charge in [0.25, 0.3) is 0 Å². The third-order valence-corrected chi connectivity index (χ3v) is 3.94. The van der Waals surface area contributed by atoms with Crippen LogP contribution in [-0.2, 0) is 11.3 Å². The maximum Gasteiger partial charge on any atom is 0.146 e. The zero-order valence-electron chi connectivity index (χ0n) is 12.7. The molecule has 1 aromatic carbocycles. The highest BCUT2D eigenvalue weighted by Crippen LogP contribution is 2.33. The van der Waals surface area contributed by atoms with Crippen molar-refractivity contribution in [2.75, 3.05) is 31.7 Å². The Bertz CT molecular complexity index is 438. The Kier molecular flexibility index (Phi) is 5.38. The van der Waals surface area contributed by atoms with E-state index in [1.54, 1.807) is 19.2 Å². The second kappa shape index (κ2) is 7.04. The lowest BCUT2D eigenvalue weighted by Gasteiger charge is -2.27. The number of anilines is 1. The van der Waals surface area contributed by atoms with E-state index in [2.05, 4.69) is 24.1 Å². The van der Waals surface area contributed by atoms with Crippen molar-refractivity contribution in [3.8, 4) is 0 Å². The average Bonchev–Trinajstić information content (AvgIpc) is 2.74. The Hall–Kier alpha value is -1.13. The maximum absolute atomic E-state index is 14.3. The zero-order valence-corrected chi connectivity index (χ0v) is 12.7. The van der Waals surface area contributed by atoms with Crippen LogP contribution in [0.2, 0.25) is 0 Å². The molecule has 0 bridgehead atoms. The van der Waals surface area contributed by atoms with Gasteiger partial charge in [-0.15, -0.1) is 0 Å². The summed E-state index contributed by atoms with van der Waals surface area (Å²) in [5.41, 5.74) is 1.80. The van der Waals surface area contributed by atoms with Gasteiger partial charge in [-0.05, 0) is 30.9 Å². The van der Waals surface area contributed by atoms with Crippen molar-refractivity contribution < 1.29 is 9.13 Å². The summed E-state index contributed by atoms with van der Waals surface area (Å²) < 4.78 is 19.3. The van der Waals surface area contributed by atoms with Crippen molar-refractivity contribution in [1.82, 2.24) is 5.32 Å². The molecule has 0 saturated carbocycles. The van der Waals surface area contributed by atoms with Gasteiger partial charge in [0, 0.05) is 32.8 Å². The van der Waals surface area contributed by atoms with Crippen LogP contribution in [0.3, 0.4) is 0 Å². The third kappa shape index (κ3) is 3.49. The summed E-state index contributed by atoms with van der Waals surface area (Å²) in [4.78, 5) is 2.22. The number of hydrogen-bond acceptors (Lipinski definition) is 3. The first-order chi connectivity index (χ1) is 9.63. The molecule has 0 amide bonds. The van der Waals surface area contributed by atoms with Gasteiger partial charge < -0.3 is 15.0 Å². The minimum atomic E-state index is -0.114. The molecule has 1 saturated heterocycles. The number of ether oxygens (including phenoxy) is 1. The van der Waals surface area contributed by atoms with Gasteiger partial charge in [-0.3, -0.25) is 0 Å². The van der Waals surface area contributed by atoms with Crippen molar-refractivity contribution in [2.24, 2.45) is 5.92 Å². The summed E-state index contributed by atoms with van der Waals surface area (Å²) in [6, 6.07) is 5.76. The Morgan fingerprint density at radius 1 is 1.40 bits per heavy atom. The van der Waals surface area contributed by atoms with Crippen molar-refractivity contribution in [2.45, 2.75) is 32.9 Å². The largest absolute Gasteiger partial charge is 0.383 e. The summed E-state index contributed by atoms with van der Waals surface area (Å²) in [7, 11) is 1.68. The maximum atomic E-state index is 14.3. The number of hydrogen-bond donors (Lipinski definition) is 1. The molecule has 112 valence electrons. The number of para-hydroxylation sites is 1. The summed E-state index contributed by atoms with van der Waals surface area (Å²) >= 11 is 0. The predicted octanol–water partition coefficient (Wildman–Crippen LogP) is 2.80. The highest BCUT2D eigenvalue weighted by molar-refractivity contribution is 5.56. The Morgan fingerprint density at radius 3 is 2.85 bits per heavy atom. The van der Waals surface area contributed by atoms with Crippen LogP contribution in [0.5, 0.6) is 0 Å². The number of rotatable bonds is 6. The highest BCUT2D eigenvalue weighted by Gasteiger charge is 2.29. The number of nitrogens with zero attached hydrogens (tertiary/aromatic N) is 1. The monoisotopic (exact) mass is 280 g/mol. The number of benzene rings is 1. The molecule has 4 heteroatoms. The fourth-order valence-corrected chi connectivity index (χ4v) is 3.03. The lowest BCUT2D eigenvalue weighted by Crippen LogP contribution is -2.30. The molecule has 0 spiro atoms. The van der Waals surface area contributed by atoms with Gasteiger partial charge in [0.15, 0.2) is 0 Å². The van der Waals surface area contributed by atoms with Gasteiger partial charge >= 0.3 is 0 Å². The molecule has 1 heterocycles. The Balaban J connectivity index is 2.14. The van der Waals surface area contributed by atoms with Gasteiger partial charge in [0.2, 0.25) is 0 Å². The van der Waals surface area contributed by atoms with E-state index in [0.29, 0.717) is 25.1 Å². The van der Waals surface area contributed by atoms with Crippen LogP contribution in [0.25, 0.3) is 0 Å². The second-order valence-corrected chi connectivity index (χ2v) is 5.76. The smallest absolute Gasteiger partial charge is 0.146 e. The number of halogens is 1. The number of nitrogens with one attached hydrogen (secondary N) is 1. The molecule has 1 aliphatic rings. The second-order valence-electron chi connectivity index (χ2n) is 5.76. The molecule has 20 heavy (non-hydrogen) atoms. The summed E-state index contributed by atoms with van der Waals surface area (Å²) in [6.45, 7) is 7.47. The van der Waals surface area contributed by atoms with Crippen LogP contribution in [0, 0.1) is 11.7 Å². The third-order valence-electron chi connectivity index (χ3n) is 3.94. The minimum absolute atomic E-state index is 0.114. The minimum Gasteiger partial charge on any atom is -0.383 e. The van der Waals surface area contributed by atoms with Gasteiger partial charge in [-0.1, -0.05) is 19.1 Å². The van der Waals surface area contributed by atoms with Crippen LogP contribution < -0.4 is 10.2 Å². The fourth-order valence-electron chi connectivity index (χ4n) is 3.03. The lowest BCUT2D eigenvalue weighted by atomic mass is 10.1. The number of methoxy groups -OCH3 is 1. The van der Waals surface area contributed by atoms with Crippen LogP contribution in [0.15, 0.2) is 18.2 Å². The van der Waals surface area contributed by atoms with Crippen molar-refractivity contribution in [3.05, 3.63) is 29.6 Å². The molecule has 2 rings (SSSR count). The predicted molar refractivity (Wildman–Crippen MR) is 80.6 cm³/mol. The summed E-state index contributed by atoms with van der Waals surface area (Å²) in [5.74, 6) is 0.510. The molecule has 0 aromatic heterocycles. The molecule has 1 aliphatic heterocycles. The van der Waals surface area contributed by atoms with Crippen molar-refractivity contribution in [3.63, 3.8) is 0 Å². The van der Waals surface area contributed by atoms with Gasteiger partial charge in [0.1, 0.15) is 5.82 Å². The summed E-state index contributed by atoms with van der Waals surface area (Å²) in [6.07, 6.45) is 1.13. The van der Waals surface area contributed by atoms with Crippen LogP contribution >= 0.6 is 0 Å². The molecule has 1 N–H and O–H groups in total. The molecular formula is C16H25FN2O. The van der Waals surface area contributed by atoms with Gasteiger partial charge in [-0.2, -0.15) is 0 Å². The van der Waals surface area contributed by atoms with Crippen LogP contribution in [0.4, 0.5) is 10.1 Å². The first kappa shape index (κ1) is 15.3. The molecular weight excluding hydrogens is 255 g/mol. The zero-order chi connectivity index (χ0) is 14.5. The molecule has 0 radical (unpaired) electrons. The Labute approximate surface area is 121 Å². The van der Waals surface area contributed by atoms with E-state index < -0.39 is 0 Å². The Morgan fingerprint density at radius 2 is 2.20 bits per heavy atom. The summed E-state index contributed by atoms with van der Waals surface area (Å²) in [5, 5.41) is 3.30. The van der Waals surface area contributed by atoms with Crippen LogP contribution in [0.1, 0.15) is 25.8 Å². The van der Waals surface area contributed by atoms with E-state index in [4.69, 9.17) is 4.74 Å². The van der Waals surface area contributed by atoms with Gasteiger partial charge in [0.05, 0.1) is 12.3 Å². The molecule has 1 aromatic rings. The first-order valence-corrected chi connectivity index (χ1v) is 7.37. The van der Waals surface area contributed by atoms with E-state index in [0.717, 1.165) is 30.8 Å². The lowest BCUT2D eigenvalue weighted by molar-refractivity contribution is 0.199. The normalized spacial score (nSPS) is 22.5. The van der Waals surface area contributed by atoms with Gasteiger partial charge in [-0.25, -0.2) is 4.39 Å². The molecule has 2 unspecified atom stereocenters. The van der Waals surface area contributed by atoms with E-state index in [1.165, 1.54) is 0 Å². The topological polar surface area (TPSA) is 24.5 Å². The highest BCUT2D eigenvalue weighted by atomic mass is 19.1. The van der Waals surface area contributed by atoms with E-state index in [1.807, 2.05) is 6.07 Å².